The van der Waals surface area contributed by atoms with Gasteiger partial charge in [0.1, 0.15) is 0 Å². The molecular weight excluding hydrogens is 410 g/mol. The molecule has 3 aromatic rings. The van der Waals surface area contributed by atoms with E-state index in [1.165, 1.54) is 13.0 Å². The van der Waals surface area contributed by atoms with Crippen LogP contribution in [0.2, 0.25) is 0 Å². The van der Waals surface area contributed by atoms with E-state index in [0.29, 0.717) is 22.7 Å². The molecule has 0 radical (unpaired) electrons. The topological polar surface area (TPSA) is 90.9 Å². The molecule has 4 rings (SSSR count). The van der Waals surface area contributed by atoms with Gasteiger partial charge in [-0.2, -0.15) is 0 Å². The molecule has 0 aromatic heterocycles. The fourth-order valence-corrected chi connectivity index (χ4v) is 3.22. The summed E-state index contributed by atoms with van der Waals surface area (Å²) in [6.45, 7) is 3.52. The van der Waals surface area contributed by atoms with Crippen molar-refractivity contribution in [2.75, 3.05) is 12.1 Å². The van der Waals surface area contributed by atoms with Gasteiger partial charge >= 0.3 is 5.97 Å². The molecule has 0 saturated heterocycles. The Labute approximate surface area is 184 Å². The molecule has 1 N–H and O–H groups in total. The van der Waals surface area contributed by atoms with Crippen molar-refractivity contribution in [1.29, 1.82) is 0 Å². The molecule has 0 aliphatic carbocycles. The average Bonchev–Trinajstić information content (AvgIpc) is 3.27. The molecule has 32 heavy (non-hydrogen) atoms. The first-order valence-electron chi connectivity index (χ1n) is 10.0. The third-order valence-corrected chi connectivity index (χ3v) is 5.00. The van der Waals surface area contributed by atoms with Crippen LogP contribution >= 0.6 is 0 Å². The van der Waals surface area contributed by atoms with Gasteiger partial charge < -0.3 is 19.5 Å². The third kappa shape index (κ3) is 4.46. The monoisotopic (exact) mass is 431 g/mol. The van der Waals surface area contributed by atoms with Crippen LogP contribution in [-0.4, -0.2) is 30.6 Å². The van der Waals surface area contributed by atoms with E-state index in [2.05, 4.69) is 5.32 Å². The number of fused-ring (bicyclic) bond motifs is 1. The number of amides is 1. The standard InChI is InChI=1S/C25H21NO6/c1-15-7-9-17(10-8-15)23(27)19-5-3-4-6-20(19)25(29)32-16(2)24(28)26-18-11-12-21-22(13-18)31-14-30-21/h3-13,16H,14H2,1-2H3,(H,26,28). The molecule has 0 fully saturated rings. The Bertz CT molecular complexity index is 1190. The summed E-state index contributed by atoms with van der Waals surface area (Å²) < 4.78 is 15.9. The van der Waals surface area contributed by atoms with Crippen molar-refractivity contribution in [3.63, 3.8) is 0 Å². The smallest absolute Gasteiger partial charge is 0.339 e. The van der Waals surface area contributed by atoms with Gasteiger partial charge in [-0.25, -0.2) is 4.79 Å². The number of carbonyl (C=O) groups excluding carboxylic acids is 3. The van der Waals surface area contributed by atoms with Crippen molar-refractivity contribution in [3.8, 4) is 11.5 Å². The van der Waals surface area contributed by atoms with Gasteiger partial charge in [-0.1, -0.05) is 48.0 Å². The zero-order chi connectivity index (χ0) is 22.7. The minimum Gasteiger partial charge on any atom is -0.454 e. The Morgan fingerprint density at radius 3 is 2.34 bits per heavy atom. The summed E-state index contributed by atoms with van der Waals surface area (Å²) in [5, 5.41) is 2.68. The van der Waals surface area contributed by atoms with E-state index < -0.39 is 18.0 Å². The maximum absolute atomic E-state index is 12.9. The van der Waals surface area contributed by atoms with Gasteiger partial charge in [0.2, 0.25) is 6.79 Å². The Hall–Kier alpha value is -4.13. The molecule has 0 saturated carbocycles. The number of esters is 1. The number of ether oxygens (including phenoxy) is 3. The molecule has 1 aliphatic rings. The lowest BCUT2D eigenvalue weighted by atomic mass is 9.98. The summed E-state index contributed by atoms with van der Waals surface area (Å²) in [4.78, 5) is 38.2. The van der Waals surface area contributed by atoms with Gasteiger partial charge in [0.25, 0.3) is 5.91 Å². The lowest BCUT2D eigenvalue weighted by Gasteiger charge is -2.15. The molecule has 0 bridgehead atoms. The highest BCUT2D eigenvalue weighted by atomic mass is 16.7. The maximum Gasteiger partial charge on any atom is 0.339 e. The van der Waals surface area contributed by atoms with E-state index in [4.69, 9.17) is 14.2 Å². The number of anilines is 1. The third-order valence-electron chi connectivity index (χ3n) is 5.00. The van der Waals surface area contributed by atoms with Crippen LogP contribution in [-0.2, 0) is 9.53 Å². The Balaban J connectivity index is 1.46. The van der Waals surface area contributed by atoms with Crippen molar-refractivity contribution in [2.45, 2.75) is 20.0 Å². The fraction of sp³-hybridized carbons (Fsp3) is 0.160. The normalized spacial score (nSPS) is 12.7. The van der Waals surface area contributed by atoms with Crippen LogP contribution in [0, 0.1) is 6.92 Å². The number of carbonyl (C=O) groups is 3. The molecular formula is C25H21NO6. The molecule has 7 nitrogen and oxygen atoms in total. The van der Waals surface area contributed by atoms with Crippen molar-refractivity contribution in [1.82, 2.24) is 0 Å². The number of ketones is 1. The molecule has 1 unspecified atom stereocenters. The second-order valence-electron chi connectivity index (χ2n) is 7.35. The summed E-state index contributed by atoms with van der Waals surface area (Å²) in [5.74, 6) is -0.447. The Kier molecular flexibility index (Phi) is 5.89. The number of nitrogens with one attached hydrogen (secondary N) is 1. The highest BCUT2D eigenvalue weighted by Gasteiger charge is 2.24. The van der Waals surface area contributed by atoms with Gasteiger partial charge in [0.15, 0.2) is 23.4 Å². The van der Waals surface area contributed by atoms with E-state index in [1.807, 2.05) is 19.1 Å². The first kappa shape index (κ1) is 21.1. The lowest BCUT2D eigenvalue weighted by Crippen LogP contribution is -2.30. The van der Waals surface area contributed by atoms with Crippen LogP contribution in [0.25, 0.3) is 0 Å². The van der Waals surface area contributed by atoms with Crippen LogP contribution in [0.4, 0.5) is 5.69 Å². The number of benzene rings is 3. The van der Waals surface area contributed by atoms with Crippen LogP contribution in [0.1, 0.15) is 38.8 Å². The Morgan fingerprint density at radius 1 is 0.906 bits per heavy atom. The second-order valence-corrected chi connectivity index (χ2v) is 7.35. The molecule has 7 heteroatoms. The summed E-state index contributed by atoms with van der Waals surface area (Å²) in [7, 11) is 0. The van der Waals surface area contributed by atoms with Crippen LogP contribution in [0.5, 0.6) is 11.5 Å². The number of hydrogen-bond acceptors (Lipinski definition) is 6. The molecule has 1 heterocycles. The van der Waals surface area contributed by atoms with Gasteiger partial charge in [-0.05, 0) is 32.0 Å². The molecule has 1 amide bonds. The van der Waals surface area contributed by atoms with Gasteiger partial charge in [-0.3, -0.25) is 9.59 Å². The SMILES string of the molecule is Cc1ccc(C(=O)c2ccccc2C(=O)OC(C)C(=O)Nc2ccc3c(c2)OCO3)cc1. The van der Waals surface area contributed by atoms with Gasteiger partial charge in [0.05, 0.1) is 5.56 Å². The highest BCUT2D eigenvalue weighted by molar-refractivity contribution is 6.14. The van der Waals surface area contributed by atoms with E-state index in [0.717, 1.165) is 5.56 Å². The first-order valence-corrected chi connectivity index (χ1v) is 10.0. The Morgan fingerprint density at radius 2 is 1.59 bits per heavy atom. The minimum atomic E-state index is -1.09. The maximum atomic E-state index is 12.9. The zero-order valence-corrected chi connectivity index (χ0v) is 17.6. The minimum absolute atomic E-state index is 0.0980. The number of aryl methyl sites for hydroxylation is 1. The highest BCUT2D eigenvalue weighted by Crippen LogP contribution is 2.34. The van der Waals surface area contributed by atoms with E-state index in [9.17, 15) is 14.4 Å². The predicted octanol–water partition coefficient (Wildman–Crippen LogP) is 4.14. The lowest BCUT2D eigenvalue weighted by molar-refractivity contribution is -0.123. The zero-order valence-electron chi connectivity index (χ0n) is 17.6. The summed E-state index contributed by atoms with van der Waals surface area (Å²) in [6, 6.07) is 18.4. The molecule has 1 atom stereocenters. The van der Waals surface area contributed by atoms with Gasteiger partial charge in [0, 0.05) is 22.9 Å². The van der Waals surface area contributed by atoms with E-state index in [1.54, 1.807) is 48.5 Å². The van der Waals surface area contributed by atoms with Crippen molar-refractivity contribution < 1.29 is 28.6 Å². The first-order chi connectivity index (χ1) is 15.4. The number of rotatable bonds is 6. The fourth-order valence-electron chi connectivity index (χ4n) is 3.22. The molecule has 162 valence electrons. The summed E-state index contributed by atoms with van der Waals surface area (Å²) in [6.07, 6.45) is -1.09. The van der Waals surface area contributed by atoms with Crippen LogP contribution in [0.15, 0.2) is 66.7 Å². The molecule has 1 aliphatic heterocycles. The predicted molar refractivity (Wildman–Crippen MR) is 117 cm³/mol. The largest absolute Gasteiger partial charge is 0.454 e. The van der Waals surface area contributed by atoms with E-state index in [-0.39, 0.29) is 23.7 Å². The van der Waals surface area contributed by atoms with Crippen LogP contribution < -0.4 is 14.8 Å². The van der Waals surface area contributed by atoms with Crippen molar-refractivity contribution >= 4 is 23.3 Å². The van der Waals surface area contributed by atoms with Crippen molar-refractivity contribution in [2.24, 2.45) is 0 Å². The summed E-state index contributed by atoms with van der Waals surface area (Å²) in [5.41, 5.74) is 2.28. The molecule has 0 spiro atoms. The average molecular weight is 431 g/mol. The van der Waals surface area contributed by atoms with E-state index >= 15 is 0 Å². The number of hydrogen-bond donors (Lipinski definition) is 1. The quantitative estimate of drug-likeness (QED) is 0.466. The summed E-state index contributed by atoms with van der Waals surface area (Å²) >= 11 is 0. The second kappa shape index (κ2) is 8.93. The van der Waals surface area contributed by atoms with Crippen LogP contribution in [0.3, 0.4) is 0 Å². The molecule has 3 aromatic carbocycles. The van der Waals surface area contributed by atoms with Crippen molar-refractivity contribution in [3.05, 3.63) is 89.0 Å². The van der Waals surface area contributed by atoms with Gasteiger partial charge in [-0.15, -0.1) is 0 Å².